The Balaban J connectivity index is 1.87. The first-order valence-corrected chi connectivity index (χ1v) is 9.10. The lowest BCUT2D eigenvalue weighted by Crippen LogP contribution is -2.23. The van der Waals surface area contributed by atoms with Crippen LogP contribution in [0, 0.1) is 0 Å². The van der Waals surface area contributed by atoms with Crippen molar-refractivity contribution in [2.75, 3.05) is 0 Å². The van der Waals surface area contributed by atoms with Crippen LogP contribution >= 0.6 is 15.9 Å². The fraction of sp³-hybridized carbons (Fsp3) is 0.0500. The van der Waals surface area contributed by atoms with Gasteiger partial charge >= 0.3 is 0 Å². The molecule has 27 heavy (non-hydrogen) atoms. The molecule has 1 aliphatic rings. The van der Waals surface area contributed by atoms with Gasteiger partial charge in [0.05, 0.1) is 11.1 Å². The van der Waals surface area contributed by atoms with Crippen molar-refractivity contribution in [2.24, 2.45) is 7.05 Å². The molecule has 1 aromatic carbocycles. The molecular formula is C20H13BrN4O2. The number of carbonyl (C=O) groups excluding carboxylic acids is 2. The molecule has 6 nitrogen and oxygen atoms in total. The molecule has 0 spiro atoms. The number of carbonyl (C=O) groups is 2. The Kier molecular flexibility index (Phi) is 3.35. The van der Waals surface area contributed by atoms with Crippen LogP contribution in [0.25, 0.3) is 33.1 Å². The predicted octanol–water partition coefficient (Wildman–Crippen LogP) is 3.32. The van der Waals surface area contributed by atoms with Gasteiger partial charge in [-0.3, -0.25) is 19.9 Å². The van der Waals surface area contributed by atoms with Crippen LogP contribution in [0.2, 0.25) is 0 Å². The number of aromatic nitrogens is 3. The summed E-state index contributed by atoms with van der Waals surface area (Å²) in [6.07, 6.45) is 7.08. The van der Waals surface area contributed by atoms with Crippen molar-refractivity contribution in [3.63, 3.8) is 0 Å². The van der Waals surface area contributed by atoms with E-state index in [0.717, 1.165) is 31.8 Å². The number of rotatable bonds is 2. The van der Waals surface area contributed by atoms with Crippen molar-refractivity contribution in [1.29, 1.82) is 0 Å². The normalized spacial score (nSPS) is 14.6. The van der Waals surface area contributed by atoms with E-state index in [4.69, 9.17) is 0 Å². The molecule has 0 aliphatic carbocycles. The van der Waals surface area contributed by atoms with E-state index in [9.17, 15) is 9.59 Å². The molecule has 2 amide bonds. The first kappa shape index (κ1) is 16.0. The van der Waals surface area contributed by atoms with E-state index in [1.54, 1.807) is 23.2 Å². The van der Waals surface area contributed by atoms with Gasteiger partial charge in [0, 0.05) is 58.2 Å². The van der Waals surface area contributed by atoms with Crippen LogP contribution in [-0.4, -0.2) is 25.9 Å². The molecule has 0 unspecified atom stereocenters. The van der Waals surface area contributed by atoms with Crippen molar-refractivity contribution in [3.05, 3.63) is 65.2 Å². The van der Waals surface area contributed by atoms with Crippen molar-refractivity contribution in [3.8, 4) is 0 Å². The maximum Gasteiger partial charge on any atom is 0.275 e. The second kappa shape index (κ2) is 5.65. The standard InChI is InChI=1S/C20H13BrN4O2/c1-24-10-14(13-8-12(21)2-3-16(13)24)17-18(20(27)23-19(17)26)25-7-5-11-9-22-6-4-15(11)25/h2-10H,1H3,(H,23,26,27). The van der Waals surface area contributed by atoms with Crippen LogP contribution in [0.3, 0.4) is 0 Å². The molecule has 0 fully saturated rings. The van der Waals surface area contributed by atoms with Gasteiger partial charge in [0.25, 0.3) is 11.8 Å². The number of benzene rings is 1. The SMILES string of the molecule is Cn1cc(C2=C(n3ccc4cnccc43)C(=O)NC2=O)c2cc(Br)ccc21. The van der Waals surface area contributed by atoms with Gasteiger partial charge < -0.3 is 9.13 Å². The molecule has 5 rings (SSSR count). The zero-order valence-electron chi connectivity index (χ0n) is 14.2. The zero-order valence-corrected chi connectivity index (χ0v) is 15.8. The summed E-state index contributed by atoms with van der Waals surface area (Å²) in [5, 5.41) is 4.25. The maximum atomic E-state index is 12.7. The number of pyridine rings is 1. The minimum atomic E-state index is -0.406. The van der Waals surface area contributed by atoms with Gasteiger partial charge in [0.2, 0.25) is 0 Å². The largest absolute Gasteiger partial charge is 0.350 e. The minimum absolute atomic E-state index is 0.327. The van der Waals surface area contributed by atoms with Crippen molar-refractivity contribution >= 4 is 60.8 Å². The second-order valence-corrected chi connectivity index (χ2v) is 7.36. The maximum absolute atomic E-state index is 12.7. The van der Waals surface area contributed by atoms with E-state index in [0.29, 0.717) is 11.3 Å². The highest BCUT2D eigenvalue weighted by Gasteiger charge is 2.34. The van der Waals surface area contributed by atoms with E-state index in [1.807, 2.05) is 48.1 Å². The highest BCUT2D eigenvalue weighted by molar-refractivity contribution is 9.10. The highest BCUT2D eigenvalue weighted by atomic mass is 79.9. The van der Waals surface area contributed by atoms with Gasteiger partial charge in [0.1, 0.15) is 5.70 Å². The molecule has 3 aromatic heterocycles. The van der Waals surface area contributed by atoms with Crippen LogP contribution in [0.15, 0.2) is 59.6 Å². The average molecular weight is 421 g/mol. The fourth-order valence-electron chi connectivity index (χ4n) is 3.67. The number of hydrogen-bond donors (Lipinski definition) is 1. The Labute approximate surface area is 162 Å². The summed E-state index contributed by atoms with van der Waals surface area (Å²) in [7, 11) is 1.92. The number of halogens is 1. The van der Waals surface area contributed by atoms with Crippen LogP contribution in [0.4, 0.5) is 0 Å². The smallest absolute Gasteiger partial charge is 0.275 e. The molecule has 0 atom stereocenters. The Morgan fingerprint density at radius 1 is 1.07 bits per heavy atom. The molecule has 0 saturated heterocycles. The minimum Gasteiger partial charge on any atom is -0.350 e. The average Bonchev–Trinajstić information content (AvgIpc) is 3.28. The quantitative estimate of drug-likeness (QED) is 0.505. The molecule has 1 N–H and O–H groups in total. The number of fused-ring (bicyclic) bond motifs is 2. The fourth-order valence-corrected chi connectivity index (χ4v) is 4.03. The van der Waals surface area contributed by atoms with Gasteiger partial charge in [-0.15, -0.1) is 0 Å². The van der Waals surface area contributed by atoms with Gasteiger partial charge in [-0.2, -0.15) is 0 Å². The Bertz CT molecular complexity index is 1310. The van der Waals surface area contributed by atoms with Gasteiger partial charge in [0.15, 0.2) is 0 Å². The number of amides is 2. The number of nitrogens with one attached hydrogen (secondary N) is 1. The summed E-state index contributed by atoms with van der Waals surface area (Å²) >= 11 is 3.49. The first-order valence-electron chi connectivity index (χ1n) is 8.31. The van der Waals surface area contributed by atoms with Crippen molar-refractivity contribution in [2.45, 2.75) is 0 Å². The topological polar surface area (TPSA) is 68.9 Å². The van der Waals surface area contributed by atoms with Crippen LogP contribution in [0.1, 0.15) is 5.56 Å². The first-order chi connectivity index (χ1) is 13.0. The van der Waals surface area contributed by atoms with Crippen molar-refractivity contribution in [1.82, 2.24) is 19.4 Å². The highest BCUT2D eigenvalue weighted by Crippen LogP contribution is 2.35. The van der Waals surface area contributed by atoms with E-state index < -0.39 is 11.8 Å². The Hall–Kier alpha value is -3.19. The van der Waals surface area contributed by atoms with Crippen LogP contribution in [0.5, 0.6) is 0 Å². The van der Waals surface area contributed by atoms with Gasteiger partial charge in [-0.05, 0) is 30.3 Å². The zero-order chi connectivity index (χ0) is 18.7. The Morgan fingerprint density at radius 2 is 1.93 bits per heavy atom. The third-order valence-electron chi connectivity index (χ3n) is 4.86. The second-order valence-electron chi connectivity index (χ2n) is 6.44. The predicted molar refractivity (Wildman–Crippen MR) is 107 cm³/mol. The summed E-state index contributed by atoms with van der Waals surface area (Å²) in [6.45, 7) is 0. The summed E-state index contributed by atoms with van der Waals surface area (Å²) in [5.41, 5.74) is 3.23. The van der Waals surface area contributed by atoms with E-state index >= 15 is 0 Å². The van der Waals surface area contributed by atoms with E-state index in [1.165, 1.54) is 0 Å². The van der Waals surface area contributed by atoms with Crippen LogP contribution in [-0.2, 0) is 16.6 Å². The van der Waals surface area contributed by atoms with E-state index in [2.05, 4.69) is 26.2 Å². The third-order valence-corrected chi connectivity index (χ3v) is 5.35. The van der Waals surface area contributed by atoms with Crippen LogP contribution < -0.4 is 5.32 Å². The molecule has 0 radical (unpaired) electrons. The number of aryl methyl sites for hydroxylation is 1. The van der Waals surface area contributed by atoms with Gasteiger partial charge in [-0.25, -0.2) is 0 Å². The molecule has 4 heterocycles. The Morgan fingerprint density at radius 3 is 2.78 bits per heavy atom. The summed E-state index contributed by atoms with van der Waals surface area (Å²) < 4.78 is 4.62. The summed E-state index contributed by atoms with van der Waals surface area (Å²) in [4.78, 5) is 29.5. The number of imide groups is 1. The third kappa shape index (κ3) is 2.28. The molecule has 1 aliphatic heterocycles. The molecule has 132 valence electrons. The summed E-state index contributed by atoms with van der Waals surface area (Å²) in [6, 6.07) is 9.60. The monoisotopic (exact) mass is 420 g/mol. The molecule has 7 heteroatoms. The number of nitrogens with zero attached hydrogens (tertiary/aromatic N) is 3. The van der Waals surface area contributed by atoms with Crippen molar-refractivity contribution < 1.29 is 9.59 Å². The lowest BCUT2D eigenvalue weighted by Gasteiger charge is -2.07. The lowest BCUT2D eigenvalue weighted by molar-refractivity contribution is -0.122. The van der Waals surface area contributed by atoms with Gasteiger partial charge in [-0.1, -0.05) is 15.9 Å². The molecular weight excluding hydrogens is 408 g/mol. The molecule has 0 bridgehead atoms. The van der Waals surface area contributed by atoms with E-state index in [-0.39, 0.29) is 0 Å². The summed E-state index contributed by atoms with van der Waals surface area (Å²) in [5.74, 6) is -0.797. The molecule has 4 aromatic rings. The molecule has 0 saturated carbocycles. The lowest BCUT2D eigenvalue weighted by atomic mass is 10.0. The number of hydrogen-bond acceptors (Lipinski definition) is 3.